The second-order valence-electron chi connectivity index (χ2n) is 8.07. The predicted octanol–water partition coefficient (Wildman–Crippen LogP) is 2.72. The Morgan fingerprint density at radius 3 is 2.35 bits per heavy atom. The standard InChI is InChI=1S/C23H26N4O4/c1-13(2)23(4,22(24)31)26-20(28)18-16(21(29)30)10-11-17-19(18)25-14(3)27(17)12-15-8-6-5-7-9-15/h5-11,13H,12H2,1-4H3,(H2,24,31)(H,26,28)(H,29,30). The van der Waals surface area contributed by atoms with E-state index in [2.05, 4.69) is 10.3 Å². The number of fused-ring (bicyclic) bond motifs is 1. The number of aromatic nitrogens is 2. The highest BCUT2D eigenvalue weighted by Crippen LogP contribution is 2.26. The van der Waals surface area contributed by atoms with Gasteiger partial charge in [0.15, 0.2) is 0 Å². The van der Waals surface area contributed by atoms with Gasteiger partial charge in [0.2, 0.25) is 5.91 Å². The van der Waals surface area contributed by atoms with E-state index in [4.69, 9.17) is 5.73 Å². The normalized spacial score (nSPS) is 13.2. The molecule has 31 heavy (non-hydrogen) atoms. The summed E-state index contributed by atoms with van der Waals surface area (Å²) in [4.78, 5) is 41.7. The Balaban J connectivity index is 2.16. The summed E-state index contributed by atoms with van der Waals surface area (Å²) in [6.45, 7) is 7.34. The van der Waals surface area contributed by atoms with Crippen LogP contribution in [0.2, 0.25) is 0 Å². The maximum absolute atomic E-state index is 13.3. The fourth-order valence-electron chi connectivity index (χ4n) is 3.47. The van der Waals surface area contributed by atoms with Gasteiger partial charge in [0, 0.05) is 6.54 Å². The number of amides is 2. The smallest absolute Gasteiger partial charge is 0.336 e. The van der Waals surface area contributed by atoms with Gasteiger partial charge in [-0.2, -0.15) is 0 Å². The highest BCUT2D eigenvalue weighted by Gasteiger charge is 2.38. The van der Waals surface area contributed by atoms with Gasteiger partial charge in [-0.3, -0.25) is 9.59 Å². The van der Waals surface area contributed by atoms with Crippen LogP contribution in [0.25, 0.3) is 11.0 Å². The van der Waals surface area contributed by atoms with E-state index in [9.17, 15) is 19.5 Å². The summed E-state index contributed by atoms with van der Waals surface area (Å²) >= 11 is 0. The molecule has 1 unspecified atom stereocenters. The van der Waals surface area contributed by atoms with Gasteiger partial charge in [-0.25, -0.2) is 9.78 Å². The first kappa shape index (κ1) is 22.0. The Bertz CT molecular complexity index is 1170. The number of hydrogen-bond donors (Lipinski definition) is 3. The Hall–Kier alpha value is -3.68. The van der Waals surface area contributed by atoms with Gasteiger partial charge in [-0.1, -0.05) is 44.2 Å². The number of benzene rings is 2. The van der Waals surface area contributed by atoms with Crippen molar-refractivity contribution in [2.75, 3.05) is 0 Å². The number of aromatic carboxylic acids is 1. The zero-order chi connectivity index (χ0) is 22.9. The van der Waals surface area contributed by atoms with Crippen molar-refractivity contribution in [1.82, 2.24) is 14.9 Å². The molecule has 4 N–H and O–H groups in total. The van der Waals surface area contributed by atoms with E-state index in [1.807, 2.05) is 34.9 Å². The lowest BCUT2D eigenvalue weighted by molar-refractivity contribution is -0.125. The maximum Gasteiger partial charge on any atom is 0.336 e. The van der Waals surface area contributed by atoms with Gasteiger partial charge in [-0.05, 0) is 37.5 Å². The average molecular weight is 422 g/mol. The molecule has 0 aliphatic carbocycles. The number of carboxylic acids is 1. The van der Waals surface area contributed by atoms with Gasteiger partial charge in [0.1, 0.15) is 16.9 Å². The van der Waals surface area contributed by atoms with Crippen LogP contribution in [0.5, 0.6) is 0 Å². The lowest BCUT2D eigenvalue weighted by Crippen LogP contribution is -2.58. The zero-order valence-electron chi connectivity index (χ0n) is 18.0. The third kappa shape index (κ3) is 4.01. The number of carbonyl (C=O) groups is 3. The van der Waals surface area contributed by atoms with Crippen LogP contribution >= 0.6 is 0 Å². The van der Waals surface area contributed by atoms with Crippen LogP contribution in [0.15, 0.2) is 42.5 Å². The largest absolute Gasteiger partial charge is 0.478 e. The molecule has 8 nitrogen and oxygen atoms in total. The summed E-state index contributed by atoms with van der Waals surface area (Å²) in [5.41, 5.74) is 5.84. The number of carbonyl (C=O) groups excluding carboxylic acids is 2. The Morgan fingerprint density at radius 1 is 1.16 bits per heavy atom. The van der Waals surface area contributed by atoms with Crippen LogP contribution in [-0.4, -0.2) is 38.0 Å². The van der Waals surface area contributed by atoms with E-state index in [-0.39, 0.29) is 22.6 Å². The van der Waals surface area contributed by atoms with Crippen LogP contribution in [0.1, 0.15) is 52.9 Å². The number of hydrogen-bond acceptors (Lipinski definition) is 4. The summed E-state index contributed by atoms with van der Waals surface area (Å²) < 4.78 is 1.92. The van der Waals surface area contributed by atoms with Crippen molar-refractivity contribution in [2.45, 2.75) is 39.8 Å². The van der Waals surface area contributed by atoms with Crippen molar-refractivity contribution in [3.05, 3.63) is 65.0 Å². The minimum atomic E-state index is -1.35. The van der Waals surface area contributed by atoms with Gasteiger partial charge in [-0.15, -0.1) is 0 Å². The molecule has 0 aliphatic heterocycles. The molecule has 3 aromatic rings. The average Bonchev–Trinajstić information content (AvgIpc) is 3.02. The van der Waals surface area contributed by atoms with Gasteiger partial charge in [0.05, 0.1) is 16.6 Å². The number of primary amides is 1. The fourth-order valence-corrected chi connectivity index (χ4v) is 3.47. The summed E-state index contributed by atoms with van der Waals surface area (Å²) in [5.74, 6) is -2.34. The molecular formula is C23H26N4O4. The molecular weight excluding hydrogens is 396 g/mol. The second kappa shape index (κ2) is 8.22. The van der Waals surface area contributed by atoms with Crippen LogP contribution in [0, 0.1) is 12.8 Å². The first-order valence-corrected chi connectivity index (χ1v) is 9.95. The number of imidazole rings is 1. The first-order chi connectivity index (χ1) is 14.6. The van der Waals surface area contributed by atoms with Crippen molar-refractivity contribution in [3.8, 4) is 0 Å². The van der Waals surface area contributed by atoms with Crippen LogP contribution in [0.3, 0.4) is 0 Å². The number of aryl methyl sites for hydroxylation is 1. The van der Waals surface area contributed by atoms with Crippen LogP contribution in [-0.2, 0) is 11.3 Å². The maximum atomic E-state index is 13.3. The van der Waals surface area contributed by atoms with E-state index in [1.54, 1.807) is 26.8 Å². The van der Waals surface area contributed by atoms with Crippen LogP contribution < -0.4 is 11.1 Å². The van der Waals surface area contributed by atoms with Gasteiger partial charge >= 0.3 is 5.97 Å². The van der Waals surface area contributed by atoms with Crippen molar-refractivity contribution in [2.24, 2.45) is 11.7 Å². The summed E-state index contributed by atoms with van der Waals surface area (Å²) in [6.07, 6.45) is 0. The molecule has 0 saturated heterocycles. The lowest BCUT2D eigenvalue weighted by atomic mass is 9.87. The Morgan fingerprint density at radius 2 is 1.81 bits per heavy atom. The van der Waals surface area contributed by atoms with E-state index in [1.165, 1.54) is 13.0 Å². The van der Waals surface area contributed by atoms with Crippen LogP contribution in [0.4, 0.5) is 0 Å². The first-order valence-electron chi connectivity index (χ1n) is 9.95. The van der Waals surface area contributed by atoms with E-state index in [0.29, 0.717) is 17.9 Å². The highest BCUT2D eigenvalue weighted by molar-refractivity contribution is 6.14. The quantitative estimate of drug-likeness (QED) is 0.539. The van der Waals surface area contributed by atoms with Crippen molar-refractivity contribution >= 4 is 28.8 Å². The van der Waals surface area contributed by atoms with Gasteiger partial charge in [0.25, 0.3) is 5.91 Å². The van der Waals surface area contributed by atoms with E-state index >= 15 is 0 Å². The summed E-state index contributed by atoms with van der Waals surface area (Å²) in [6, 6.07) is 12.8. The summed E-state index contributed by atoms with van der Waals surface area (Å²) in [5, 5.41) is 12.3. The Kier molecular flexibility index (Phi) is 5.83. The van der Waals surface area contributed by atoms with Crippen molar-refractivity contribution in [1.29, 1.82) is 0 Å². The SMILES string of the molecule is Cc1nc2c(C(=O)NC(C)(C(N)=O)C(C)C)c(C(=O)O)ccc2n1Cc1ccccc1. The molecule has 0 aliphatic rings. The van der Waals surface area contributed by atoms with Crippen molar-refractivity contribution in [3.63, 3.8) is 0 Å². The number of nitrogens with zero attached hydrogens (tertiary/aromatic N) is 2. The third-order valence-electron chi connectivity index (χ3n) is 5.79. The molecule has 2 amide bonds. The van der Waals surface area contributed by atoms with E-state index in [0.717, 1.165) is 5.56 Å². The Labute approximate surface area is 180 Å². The molecule has 0 fully saturated rings. The molecule has 0 spiro atoms. The molecule has 8 heteroatoms. The molecule has 0 bridgehead atoms. The zero-order valence-corrected chi connectivity index (χ0v) is 18.0. The summed E-state index contributed by atoms with van der Waals surface area (Å²) in [7, 11) is 0. The minimum absolute atomic E-state index is 0.0898. The second-order valence-corrected chi connectivity index (χ2v) is 8.07. The molecule has 1 aromatic heterocycles. The van der Waals surface area contributed by atoms with E-state index < -0.39 is 23.3 Å². The predicted molar refractivity (Wildman–Crippen MR) is 117 cm³/mol. The topological polar surface area (TPSA) is 127 Å². The molecule has 0 radical (unpaired) electrons. The molecule has 2 aromatic carbocycles. The monoisotopic (exact) mass is 422 g/mol. The molecule has 1 atom stereocenters. The number of carboxylic acid groups (broad SMARTS) is 1. The minimum Gasteiger partial charge on any atom is -0.478 e. The lowest BCUT2D eigenvalue weighted by Gasteiger charge is -2.31. The van der Waals surface area contributed by atoms with Gasteiger partial charge < -0.3 is 20.7 Å². The molecule has 3 rings (SSSR count). The highest BCUT2D eigenvalue weighted by atomic mass is 16.4. The van der Waals surface area contributed by atoms with Crippen molar-refractivity contribution < 1.29 is 19.5 Å². The number of rotatable bonds is 7. The third-order valence-corrected chi connectivity index (χ3v) is 5.79. The molecule has 162 valence electrons. The fraction of sp³-hybridized carbons (Fsp3) is 0.304. The molecule has 0 saturated carbocycles. The molecule has 1 heterocycles. The number of nitrogens with one attached hydrogen (secondary N) is 1. The number of nitrogens with two attached hydrogens (primary N) is 1.